The number of methoxy groups -OCH3 is 1. The standard InChI is InChI=1S/C14H21BrN4O2.2ClH/c1-21-12-4-5-19(11(6-12)7-16)9-14(20)18-13-3-2-10(15)8-17-13;;/h2-3,8,11-12H,4-7,9,16H2,1H3,(H,17,18,20);2*1H. The number of nitrogens with two attached hydrogens (primary N) is 1. The molecule has 0 bridgehead atoms. The molecule has 3 N–H and O–H groups in total. The van der Waals surface area contributed by atoms with Crippen LogP contribution in [0, 0.1) is 0 Å². The highest BCUT2D eigenvalue weighted by atomic mass is 79.9. The number of likely N-dealkylation sites (tertiary alicyclic amines) is 1. The van der Waals surface area contributed by atoms with Crippen LogP contribution in [0.3, 0.4) is 0 Å². The number of hydrogen-bond acceptors (Lipinski definition) is 5. The molecule has 2 heterocycles. The fourth-order valence-corrected chi connectivity index (χ4v) is 2.78. The second-order valence-corrected chi connectivity index (χ2v) is 6.07. The molecule has 2 rings (SSSR count). The third kappa shape index (κ3) is 6.91. The molecule has 132 valence electrons. The van der Waals surface area contributed by atoms with Gasteiger partial charge in [0.1, 0.15) is 5.82 Å². The highest BCUT2D eigenvalue weighted by Gasteiger charge is 2.28. The highest BCUT2D eigenvalue weighted by molar-refractivity contribution is 9.10. The van der Waals surface area contributed by atoms with E-state index < -0.39 is 0 Å². The summed E-state index contributed by atoms with van der Waals surface area (Å²) < 4.78 is 6.27. The number of carbonyl (C=O) groups is 1. The number of nitrogens with one attached hydrogen (secondary N) is 1. The summed E-state index contributed by atoms with van der Waals surface area (Å²) in [5.74, 6) is 0.485. The molecule has 1 saturated heterocycles. The zero-order valence-electron chi connectivity index (χ0n) is 12.9. The smallest absolute Gasteiger partial charge is 0.239 e. The van der Waals surface area contributed by atoms with E-state index in [0.29, 0.717) is 18.9 Å². The minimum Gasteiger partial charge on any atom is -0.381 e. The number of aromatic nitrogens is 1. The van der Waals surface area contributed by atoms with Gasteiger partial charge in [-0.1, -0.05) is 0 Å². The molecule has 1 fully saturated rings. The largest absolute Gasteiger partial charge is 0.381 e. The normalized spacial score (nSPS) is 21.0. The van der Waals surface area contributed by atoms with Gasteiger partial charge in [0.2, 0.25) is 5.91 Å². The Kier molecular flexibility index (Phi) is 11.0. The number of carbonyl (C=O) groups excluding carboxylic acids is 1. The molecule has 0 aliphatic carbocycles. The van der Waals surface area contributed by atoms with Crippen molar-refractivity contribution in [3.8, 4) is 0 Å². The van der Waals surface area contributed by atoms with E-state index >= 15 is 0 Å². The van der Waals surface area contributed by atoms with Crippen LogP contribution in [0.2, 0.25) is 0 Å². The zero-order chi connectivity index (χ0) is 15.2. The molecular formula is C14H23BrCl2N4O2. The molecule has 1 aliphatic rings. The van der Waals surface area contributed by atoms with Gasteiger partial charge in [-0.25, -0.2) is 4.98 Å². The first kappa shape index (κ1) is 22.6. The molecule has 0 aromatic carbocycles. The van der Waals surface area contributed by atoms with Gasteiger partial charge in [0.15, 0.2) is 0 Å². The Labute approximate surface area is 157 Å². The Morgan fingerprint density at radius 3 is 2.83 bits per heavy atom. The predicted octanol–water partition coefficient (Wildman–Crippen LogP) is 2.06. The average molecular weight is 430 g/mol. The van der Waals surface area contributed by atoms with Crippen LogP contribution in [0.5, 0.6) is 0 Å². The molecule has 0 radical (unpaired) electrons. The zero-order valence-corrected chi connectivity index (χ0v) is 16.1. The quantitative estimate of drug-likeness (QED) is 0.748. The van der Waals surface area contributed by atoms with Crippen LogP contribution in [0.25, 0.3) is 0 Å². The number of halogens is 3. The van der Waals surface area contributed by atoms with Gasteiger partial charge in [-0.3, -0.25) is 9.69 Å². The van der Waals surface area contributed by atoms with Crippen molar-refractivity contribution < 1.29 is 9.53 Å². The summed E-state index contributed by atoms with van der Waals surface area (Å²) in [6, 6.07) is 3.79. The van der Waals surface area contributed by atoms with E-state index in [0.717, 1.165) is 23.9 Å². The first-order chi connectivity index (χ1) is 10.1. The lowest BCUT2D eigenvalue weighted by Crippen LogP contribution is -2.51. The van der Waals surface area contributed by atoms with Gasteiger partial charge >= 0.3 is 0 Å². The van der Waals surface area contributed by atoms with Crippen molar-refractivity contribution in [1.82, 2.24) is 9.88 Å². The molecule has 2 unspecified atom stereocenters. The Morgan fingerprint density at radius 2 is 2.26 bits per heavy atom. The second-order valence-electron chi connectivity index (χ2n) is 5.15. The first-order valence-corrected chi connectivity index (χ1v) is 7.80. The lowest BCUT2D eigenvalue weighted by molar-refractivity contribution is -0.118. The fourth-order valence-electron chi connectivity index (χ4n) is 2.55. The van der Waals surface area contributed by atoms with E-state index in [2.05, 4.69) is 31.1 Å². The number of ether oxygens (including phenoxy) is 1. The minimum absolute atomic E-state index is 0. The van der Waals surface area contributed by atoms with E-state index in [1.54, 1.807) is 19.4 Å². The van der Waals surface area contributed by atoms with Crippen molar-refractivity contribution in [1.29, 1.82) is 0 Å². The molecule has 1 aromatic rings. The third-order valence-corrected chi connectivity index (χ3v) is 4.21. The van der Waals surface area contributed by atoms with E-state index in [1.807, 2.05) is 6.07 Å². The van der Waals surface area contributed by atoms with Crippen LogP contribution >= 0.6 is 40.7 Å². The number of rotatable bonds is 5. The van der Waals surface area contributed by atoms with E-state index in [1.165, 1.54) is 0 Å². The molecule has 9 heteroatoms. The van der Waals surface area contributed by atoms with E-state index in [9.17, 15) is 4.79 Å². The van der Waals surface area contributed by atoms with Crippen LogP contribution in [0.1, 0.15) is 12.8 Å². The van der Waals surface area contributed by atoms with Crippen molar-refractivity contribution in [2.24, 2.45) is 5.73 Å². The summed E-state index contributed by atoms with van der Waals surface area (Å²) in [5.41, 5.74) is 5.81. The first-order valence-electron chi connectivity index (χ1n) is 7.00. The number of amides is 1. The second kappa shape index (κ2) is 11.2. The maximum atomic E-state index is 12.1. The van der Waals surface area contributed by atoms with Gasteiger partial charge < -0.3 is 15.8 Å². The maximum absolute atomic E-state index is 12.1. The SMILES string of the molecule is COC1CCN(CC(=O)Nc2ccc(Br)cn2)C(CN)C1.Cl.Cl. The molecular weight excluding hydrogens is 407 g/mol. The third-order valence-electron chi connectivity index (χ3n) is 3.74. The lowest BCUT2D eigenvalue weighted by atomic mass is 9.99. The van der Waals surface area contributed by atoms with E-state index in [-0.39, 0.29) is 42.9 Å². The molecule has 6 nitrogen and oxygen atoms in total. The summed E-state index contributed by atoms with van der Waals surface area (Å²) in [7, 11) is 1.72. The summed E-state index contributed by atoms with van der Waals surface area (Å²) in [4.78, 5) is 18.4. The Morgan fingerprint density at radius 1 is 1.52 bits per heavy atom. The predicted molar refractivity (Wildman–Crippen MR) is 99.5 cm³/mol. The van der Waals surface area contributed by atoms with Gasteiger partial charge in [0.25, 0.3) is 0 Å². The van der Waals surface area contributed by atoms with Crippen molar-refractivity contribution >= 4 is 52.5 Å². The summed E-state index contributed by atoms with van der Waals surface area (Å²) >= 11 is 3.31. The highest BCUT2D eigenvalue weighted by Crippen LogP contribution is 2.19. The number of anilines is 1. The van der Waals surface area contributed by atoms with Crippen LogP contribution < -0.4 is 11.1 Å². The molecule has 1 aromatic heterocycles. The van der Waals surface area contributed by atoms with Gasteiger partial charge in [0.05, 0.1) is 12.6 Å². The number of hydrogen-bond donors (Lipinski definition) is 2. The number of pyridine rings is 1. The van der Waals surface area contributed by atoms with Gasteiger partial charge in [0, 0.05) is 36.9 Å². The summed E-state index contributed by atoms with van der Waals surface area (Å²) in [6.45, 7) is 1.68. The van der Waals surface area contributed by atoms with Crippen molar-refractivity contribution in [2.75, 3.05) is 32.1 Å². The monoisotopic (exact) mass is 428 g/mol. The minimum atomic E-state index is -0.0702. The average Bonchev–Trinajstić information content (AvgIpc) is 2.50. The fraction of sp³-hybridized carbons (Fsp3) is 0.571. The van der Waals surface area contributed by atoms with Crippen LogP contribution in [0.4, 0.5) is 5.82 Å². The molecule has 0 spiro atoms. The van der Waals surface area contributed by atoms with Gasteiger partial charge in [-0.2, -0.15) is 0 Å². The van der Waals surface area contributed by atoms with Crippen molar-refractivity contribution in [3.05, 3.63) is 22.8 Å². The van der Waals surface area contributed by atoms with Crippen molar-refractivity contribution in [2.45, 2.75) is 25.0 Å². The van der Waals surface area contributed by atoms with Crippen LogP contribution in [-0.2, 0) is 9.53 Å². The topological polar surface area (TPSA) is 80.5 Å². The molecule has 0 saturated carbocycles. The lowest BCUT2D eigenvalue weighted by Gasteiger charge is -2.37. The molecule has 23 heavy (non-hydrogen) atoms. The summed E-state index contributed by atoms with van der Waals surface area (Å²) in [6.07, 6.45) is 3.70. The van der Waals surface area contributed by atoms with Gasteiger partial charge in [-0.05, 0) is 40.9 Å². The van der Waals surface area contributed by atoms with Crippen LogP contribution in [0.15, 0.2) is 22.8 Å². The van der Waals surface area contributed by atoms with Gasteiger partial charge in [-0.15, -0.1) is 24.8 Å². The molecule has 1 aliphatic heterocycles. The van der Waals surface area contributed by atoms with Crippen molar-refractivity contribution in [3.63, 3.8) is 0 Å². The number of nitrogens with zero attached hydrogens (tertiary/aromatic N) is 2. The number of piperidine rings is 1. The molecule has 2 atom stereocenters. The Hall–Kier alpha value is -0.440. The Bertz CT molecular complexity index is 478. The molecule has 1 amide bonds. The Balaban J connectivity index is 0.00000242. The summed E-state index contributed by atoms with van der Waals surface area (Å²) in [5, 5.41) is 2.80. The maximum Gasteiger partial charge on any atom is 0.239 e. The van der Waals surface area contributed by atoms with E-state index in [4.69, 9.17) is 10.5 Å². The van der Waals surface area contributed by atoms with Crippen LogP contribution in [-0.4, -0.2) is 54.7 Å².